The van der Waals surface area contributed by atoms with Gasteiger partial charge in [0.2, 0.25) is 5.78 Å². The molecule has 0 radical (unpaired) electrons. The molecule has 0 unspecified atom stereocenters. The van der Waals surface area contributed by atoms with Gasteiger partial charge in [-0.05, 0) is 42.8 Å². The summed E-state index contributed by atoms with van der Waals surface area (Å²) >= 11 is 7.10. The number of anilines is 4. The molecule has 3 aromatic carbocycles. The topological polar surface area (TPSA) is 84.2 Å². The van der Waals surface area contributed by atoms with Gasteiger partial charge in [-0.3, -0.25) is 9.59 Å². The summed E-state index contributed by atoms with van der Waals surface area (Å²) in [5.74, 6) is -0.643. The van der Waals surface area contributed by atoms with E-state index in [0.717, 1.165) is 11.3 Å². The second-order valence-electron chi connectivity index (χ2n) is 7.15. The summed E-state index contributed by atoms with van der Waals surface area (Å²) in [6.07, 6.45) is 0. The van der Waals surface area contributed by atoms with Crippen LogP contribution in [-0.2, 0) is 0 Å². The number of para-hydroxylation sites is 1. The quantitative estimate of drug-likeness (QED) is 0.285. The second-order valence-corrected chi connectivity index (χ2v) is 8.60. The number of hydrogen-bond acceptors (Lipinski definition) is 5. The van der Waals surface area contributed by atoms with E-state index in [1.165, 1.54) is 11.3 Å². The van der Waals surface area contributed by atoms with Crippen molar-refractivity contribution in [1.29, 1.82) is 0 Å². The van der Waals surface area contributed by atoms with Gasteiger partial charge in [-0.15, -0.1) is 11.3 Å². The number of halogens is 1. The highest BCUT2D eigenvalue weighted by molar-refractivity contribution is 7.19. The van der Waals surface area contributed by atoms with Crippen LogP contribution < -0.4 is 16.4 Å². The Morgan fingerprint density at radius 2 is 1.56 bits per heavy atom. The lowest BCUT2D eigenvalue weighted by atomic mass is 10.1. The maximum Gasteiger partial charge on any atom is 0.260 e. The molecule has 0 fully saturated rings. The average Bonchev–Trinajstić information content (AvgIpc) is 3.12. The number of aryl methyl sites for hydroxylation is 1. The second kappa shape index (κ2) is 9.26. The van der Waals surface area contributed by atoms with Crippen LogP contribution in [0.5, 0.6) is 0 Å². The molecule has 32 heavy (non-hydrogen) atoms. The molecule has 1 aromatic heterocycles. The number of amides is 1. The fraction of sp³-hybridized carbons (Fsp3) is 0.0400. The molecule has 1 amide bonds. The molecule has 1 heterocycles. The third kappa shape index (κ3) is 4.51. The van der Waals surface area contributed by atoms with Crippen molar-refractivity contribution >= 4 is 56.7 Å². The molecule has 0 aliphatic rings. The number of hydrogen-bond donors (Lipinski definition) is 3. The number of thiophene rings is 1. The summed E-state index contributed by atoms with van der Waals surface area (Å²) in [6, 6.07) is 23.3. The molecule has 0 spiro atoms. The minimum atomic E-state index is -0.413. The van der Waals surface area contributed by atoms with Crippen LogP contribution in [0.1, 0.15) is 31.2 Å². The van der Waals surface area contributed by atoms with Gasteiger partial charge in [0.15, 0.2) is 0 Å². The van der Waals surface area contributed by atoms with E-state index in [-0.39, 0.29) is 17.0 Å². The lowest BCUT2D eigenvalue weighted by molar-refractivity contribution is 0.102. The lowest BCUT2D eigenvalue weighted by Crippen LogP contribution is -2.15. The van der Waals surface area contributed by atoms with Gasteiger partial charge in [-0.25, -0.2) is 0 Å². The monoisotopic (exact) mass is 461 g/mol. The molecular weight excluding hydrogens is 442 g/mol. The van der Waals surface area contributed by atoms with Crippen LogP contribution >= 0.6 is 22.9 Å². The number of nitrogens with two attached hydrogens (primary N) is 1. The minimum Gasteiger partial charge on any atom is -0.397 e. The van der Waals surface area contributed by atoms with Crippen LogP contribution in [0.15, 0.2) is 78.9 Å². The maximum atomic E-state index is 13.2. The van der Waals surface area contributed by atoms with Gasteiger partial charge in [-0.1, -0.05) is 60.1 Å². The molecule has 0 saturated heterocycles. The molecule has 160 valence electrons. The van der Waals surface area contributed by atoms with Gasteiger partial charge in [-0.2, -0.15) is 0 Å². The van der Waals surface area contributed by atoms with E-state index in [9.17, 15) is 9.59 Å². The summed E-state index contributed by atoms with van der Waals surface area (Å²) in [7, 11) is 0. The first-order valence-electron chi connectivity index (χ1n) is 9.85. The first kappa shape index (κ1) is 21.6. The number of carbonyl (C=O) groups is 2. The molecule has 4 rings (SSSR count). The number of nitrogens with one attached hydrogen (secondary N) is 2. The molecule has 0 saturated carbocycles. The number of rotatable bonds is 6. The van der Waals surface area contributed by atoms with Crippen LogP contribution in [0.3, 0.4) is 0 Å². The van der Waals surface area contributed by atoms with Crippen LogP contribution in [0.2, 0.25) is 5.02 Å². The molecule has 0 bridgehead atoms. The lowest BCUT2D eigenvalue weighted by Gasteiger charge is -2.11. The third-order valence-corrected chi connectivity index (χ3v) is 6.28. The van der Waals surface area contributed by atoms with E-state index in [4.69, 9.17) is 17.3 Å². The Morgan fingerprint density at radius 3 is 2.25 bits per heavy atom. The van der Waals surface area contributed by atoms with E-state index >= 15 is 0 Å². The van der Waals surface area contributed by atoms with Crippen LogP contribution in [0.4, 0.5) is 22.1 Å². The van der Waals surface area contributed by atoms with Gasteiger partial charge in [0.25, 0.3) is 5.91 Å². The molecule has 0 aliphatic heterocycles. The predicted octanol–water partition coefficient (Wildman–Crippen LogP) is 6.52. The van der Waals surface area contributed by atoms with E-state index in [0.29, 0.717) is 26.2 Å². The largest absolute Gasteiger partial charge is 0.397 e. The van der Waals surface area contributed by atoms with Crippen molar-refractivity contribution in [3.8, 4) is 0 Å². The van der Waals surface area contributed by atoms with Crippen molar-refractivity contribution in [3.05, 3.63) is 105 Å². The Balaban J connectivity index is 1.76. The predicted molar refractivity (Wildman–Crippen MR) is 132 cm³/mol. The standard InChI is InChI=1S/C25H20ClN3O2S/c1-15-7-5-6-10-19(15)29-25-20(24(31)28-18-13-11-17(26)12-14-18)21(27)23(32-25)22(30)16-8-3-2-4-9-16/h2-14,29H,27H2,1H3,(H,28,31). The van der Waals surface area contributed by atoms with E-state index in [1.54, 1.807) is 48.5 Å². The van der Waals surface area contributed by atoms with Crippen LogP contribution in [-0.4, -0.2) is 11.7 Å². The summed E-state index contributed by atoms with van der Waals surface area (Å²) in [6.45, 7) is 1.96. The Hall–Kier alpha value is -3.61. The molecule has 5 nitrogen and oxygen atoms in total. The Bertz CT molecular complexity index is 1280. The Morgan fingerprint density at radius 1 is 0.906 bits per heavy atom. The van der Waals surface area contributed by atoms with E-state index < -0.39 is 5.91 Å². The fourth-order valence-electron chi connectivity index (χ4n) is 3.21. The third-order valence-electron chi connectivity index (χ3n) is 4.91. The number of carbonyl (C=O) groups excluding carboxylic acids is 2. The summed E-state index contributed by atoms with van der Waals surface area (Å²) < 4.78 is 0. The zero-order valence-corrected chi connectivity index (χ0v) is 18.8. The first-order chi connectivity index (χ1) is 15.4. The molecule has 4 aromatic rings. The first-order valence-corrected chi connectivity index (χ1v) is 11.0. The minimum absolute atomic E-state index is 0.145. The SMILES string of the molecule is Cc1ccccc1Nc1sc(C(=O)c2ccccc2)c(N)c1C(=O)Nc1ccc(Cl)cc1. The Kier molecular flexibility index (Phi) is 6.25. The highest BCUT2D eigenvalue weighted by atomic mass is 35.5. The summed E-state index contributed by atoms with van der Waals surface area (Å²) in [5, 5.41) is 7.19. The van der Waals surface area contributed by atoms with E-state index in [2.05, 4.69) is 10.6 Å². The van der Waals surface area contributed by atoms with Crippen LogP contribution in [0.25, 0.3) is 0 Å². The molecular formula is C25H20ClN3O2S. The molecule has 0 aliphatic carbocycles. The van der Waals surface area contributed by atoms with Gasteiger partial charge in [0, 0.05) is 22.0 Å². The zero-order valence-electron chi connectivity index (χ0n) is 17.2. The van der Waals surface area contributed by atoms with Crippen molar-refractivity contribution in [2.24, 2.45) is 0 Å². The number of benzene rings is 3. The number of ketones is 1. The summed E-state index contributed by atoms with van der Waals surface area (Å²) in [5.41, 5.74) is 9.66. The number of nitrogen functional groups attached to an aromatic ring is 1. The zero-order chi connectivity index (χ0) is 22.7. The van der Waals surface area contributed by atoms with Crippen molar-refractivity contribution in [2.45, 2.75) is 6.92 Å². The van der Waals surface area contributed by atoms with Crippen molar-refractivity contribution in [1.82, 2.24) is 0 Å². The highest BCUT2D eigenvalue weighted by Crippen LogP contribution is 2.39. The van der Waals surface area contributed by atoms with Gasteiger partial charge >= 0.3 is 0 Å². The maximum absolute atomic E-state index is 13.2. The molecule has 7 heteroatoms. The van der Waals surface area contributed by atoms with Gasteiger partial charge < -0.3 is 16.4 Å². The van der Waals surface area contributed by atoms with Crippen molar-refractivity contribution in [3.63, 3.8) is 0 Å². The fourth-order valence-corrected chi connectivity index (χ4v) is 4.43. The van der Waals surface area contributed by atoms with Gasteiger partial charge in [0.05, 0.1) is 11.3 Å². The van der Waals surface area contributed by atoms with Crippen molar-refractivity contribution in [2.75, 3.05) is 16.4 Å². The molecule has 4 N–H and O–H groups in total. The van der Waals surface area contributed by atoms with Crippen LogP contribution in [0, 0.1) is 6.92 Å². The van der Waals surface area contributed by atoms with E-state index in [1.807, 2.05) is 37.3 Å². The average molecular weight is 462 g/mol. The molecule has 0 atom stereocenters. The highest BCUT2D eigenvalue weighted by Gasteiger charge is 2.26. The summed E-state index contributed by atoms with van der Waals surface area (Å²) in [4.78, 5) is 26.7. The normalized spacial score (nSPS) is 10.6. The van der Waals surface area contributed by atoms with Crippen molar-refractivity contribution < 1.29 is 9.59 Å². The van der Waals surface area contributed by atoms with Gasteiger partial charge in [0.1, 0.15) is 9.88 Å². The smallest absolute Gasteiger partial charge is 0.260 e. The Labute approximate surface area is 194 Å².